The first-order valence-corrected chi connectivity index (χ1v) is 7.63. The lowest BCUT2D eigenvalue weighted by molar-refractivity contribution is 0.0750. The van der Waals surface area contributed by atoms with Crippen LogP contribution in [0.25, 0.3) is 0 Å². The highest BCUT2D eigenvalue weighted by Gasteiger charge is 2.33. The molecule has 108 valence electrons. The van der Waals surface area contributed by atoms with E-state index >= 15 is 0 Å². The SMILES string of the molecule is CCCC1CNC(C)(CC)CN1CCCCOC. The molecular weight excluding hydrogens is 224 g/mol. The van der Waals surface area contributed by atoms with E-state index in [0.717, 1.165) is 19.2 Å². The largest absolute Gasteiger partial charge is 0.385 e. The Labute approximate surface area is 113 Å². The lowest BCUT2D eigenvalue weighted by Gasteiger charge is -2.46. The average molecular weight is 256 g/mol. The molecule has 0 saturated carbocycles. The third-order valence-electron chi connectivity index (χ3n) is 4.28. The quantitative estimate of drug-likeness (QED) is 0.676. The summed E-state index contributed by atoms with van der Waals surface area (Å²) < 4.78 is 5.14. The van der Waals surface area contributed by atoms with Crippen LogP contribution in [0, 0.1) is 0 Å². The van der Waals surface area contributed by atoms with Gasteiger partial charge in [0.25, 0.3) is 0 Å². The molecule has 2 unspecified atom stereocenters. The van der Waals surface area contributed by atoms with Gasteiger partial charge in [0.15, 0.2) is 0 Å². The lowest BCUT2D eigenvalue weighted by Crippen LogP contribution is -2.62. The van der Waals surface area contributed by atoms with E-state index in [1.54, 1.807) is 7.11 Å². The molecule has 1 saturated heterocycles. The van der Waals surface area contributed by atoms with Crippen molar-refractivity contribution >= 4 is 0 Å². The molecule has 0 amide bonds. The molecule has 0 aromatic rings. The van der Waals surface area contributed by atoms with Gasteiger partial charge in [-0.25, -0.2) is 0 Å². The fourth-order valence-corrected chi connectivity index (χ4v) is 2.80. The van der Waals surface area contributed by atoms with E-state index in [1.807, 2.05) is 0 Å². The van der Waals surface area contributed by atoms with Crippen molar-refractivity contribution < 1.29 is 4.74 Å². The fraction of sp³-hybridized carbons (Fsp3) is 1.00. The Morgan fingerprint density at radius 2 is 2.11 bits per heavy atom. The topological polar surface area (TPSA) is 24.5 Å². The van der Waals surface area contributed by atoms with Gasteiger partial charge in [0.1, 0.15) is 0 Å². The molecule has 0 aliphatic carbocycles. The van der Waals surface area contributed by atoms with Crippen LogP contribution in [0.1, 0.15) is 52.9 Å². The van der Waals surface area contributed by atoms with Crippen LogP contribution in [-0.2, 0) is 4.74 Å². The van der Waals surface area contributed by atoms with Crippen LogP contribution in [0.2, 0.25) is 0 Å². The standard InChI is InChI=1S/C15H32N2O/c1-5-9-14-12-16-15(3,6-2)13-17(14)10-7-8-11-18-4/h14,16H,5-13H2,1-4H3. The summed E-state index contributed by atoms with van der Waals surface area (Å²) in [7, 11) is 1.79. The molecule has 0 aromatic heterocycles. The van der Waals surface area contributed by atoms with Crippen LogP contribution in [0.4, 0.5) is 0 Å². The van der Waals surface area contributed by atoms with Crippen LogP contribution in [0.3, 0.4) is 0 Å². The van der Waals surface area contributed by atoms with Crippen LogP contribution in [0.5, 0.6) is 0 Å². The monoisotopic (exact) mass is 256 g/mol. The first kappa shape index (κ1) is 15.9. The number of piperazine rings is 1. The predicted octanol–water partition coefficient (Wildman–Crippen LogP) is 2.66. The van der Waals surface area contributed by atoms with E-state index in [0.29, 0.717) is 5.54 Å². The zero-order chi connectivity index (χ0) is 13.4. The Kier molecular flexibility index (Phi) is 7.20. The Hall–Kier alpha value is -0.120. The van der Waals surface area contributed by atoms with Crippen LogP contribution < -0.4 is 5.32 Å². The molecule has 3 heteroatoms. The molecule has 0 spiro atoms. The van der Waals surface area contributed by atoms with Gasteiger partial charge in [-0.05, 0) is 39.2 Å². The zero-order valence-electron chi connectivity index (χ0n) is 12.8. The molecule has 1 rings (SSSR count). The fourth-order valence-electron chi connectivity index (χ4n) is 2.80. The number of nitrogens with one attached hydrogen (secondary N) is 1. The van der Waals surface area contributed by atoms with Gasteiger partial charge in [0.05, 0.1) is 0 Å². The van der Waals surface area contributed by atoms with Crippen LogP contribution in [0.15, 0.2) is 0 Å². The Morgan fingerprint density at radius 1 is 1.33 bits per heavy atom. The van der Waals surface area contributed by atoms with Crippen molar-refractivity contribution in [1.82, 2.24) is 10.2 Å². The molecule has 0 bridgehead atoms. The van der Waals surface area contributed by atoms with E-state index in [1.165, 1.54) is 45.2 Å². The predicted molar refractivity (Wildman–Crippen MR) is 78.1 cm³/mol. The number of rotatable bonds is 8. The third kappa shape index (κ3) is 4.87. The molecule has 0 radical (unpaired) electrons. The molecule has 3 nitrogen and oxygen atoms in total. The van der Waals surface area contributed by atoms with Crippen molar-refractivity contribution in [3.63, 3.8) is 0 Å². The maximum absolute atomic E-state index is 5.14. The van der Waals surface area contributed by atoms with Crippen LogP contribution >= 0.6 is 0 Å². The maximum atomic E-state index is 5.14. The molecule has 1 aliphatic rings. The summed E-state index contributed by atoms with van der Waals surface area (Å²) >= 11 is 0. The summed E-state index contributed by atoms with van der Waals surface area (Å²) in [5.41, 5.74) is 0.311. The van der Waals surface area contributed by atoms with Crippen LogP contribution in [-0.4, -0.2) is 49.8 Å². The molecule has 1 fully saturated rings. The number of hydrogen-bond donors (Lipinski definition) is 1. The van der Waals surface area contributed by atoms with E-state index in [4.69, 9.17) is 4.74 Å². The highest BCUT2D eigenvalue weighted by Crippen LogP contribution is 2.21. The summed E-state index contributed by atoms with van der Waals surface area (Å²) in [5, 5.41) is 3.75. The molecule has 18 heavy (non-hydrogen) atoms. The first-order chi connectivity index (χ1) is 8.65. The number of nitrogens with zero attached hydrogens (tertiary/aromatic N) is 1. The summed E-state index contributed by atoms with van der Waals surface area (Å²) in [6, 6.07) is 0.733. The van der Waals surface area contributed by atoms with E-state index in [9.17, 15) is 0 Å². The number of ether oxygens (including phenoxy) is 1. The summed E-state index contributed by atoms with van der Waals surface area (Å²) in [6.07, 6.45) is 6.25. The summed E-state index contributed by atoms with van der Waals surface area (Å²) in [5.74, 6) is 0. The van der Waals surface area contributed by atoms with Crippen molar-refractivity contribution in [2.45, 2.75) is 64.5 Å². The summed E-state index contributed by atoms with van der Waals surface area (Å²) in [6.45, 7) is 11.4. The molecule has 1 heterocycles. The second-order valence-corrected chi connectivity index (χ2v) is 5.91. The van der Waals surface area contributed by atoms with Crippen molar-refractivity contribution in [3.05, 3.63) is 0 Å². The van der Waals surface area contributed by atoms with Gasteiger partial charge in [0.2, 0.25) is 0 Å². The number of methoxy groups -OCH3 is 1. The van der Waals surface area contributed by atoms with E-state index in [2.05, 4.69) is 31.0 Å². The minimum atomic E-state index is 0.311. The van der Waals surface area contributed by atoms with Gasteiger partial charge in [-0.15, -0.1) is 0 Å². The van der Waals surface area contributed by atoms with Crippen molar-refractivity contribution in [3.8, 4) is 0 Å². The number of hydrogen-bond acceptors (Lipinski definition) is 3. The second-order valence-electron chi connectivity index (χ2n) is 5.91. The van der Waals surface area contributed by atoms with Gasteiger partial charge in [-0.1, -0.05) is 20.3 Å². The molecular formula is C15H32N2O. The minimum Gasteiger partial charge on any atom is -0.385 e. The molecule has 1 N–H and O–H groups in total. The lowest BCUT2D eigenvalue weighted by atomic mass is 9.92. The smallest absolute Gasteiger partial charge is 0.0462 e. The first-order valence-electron chi connectivity index (χ1n) is 7.63. The second kappa shape index (κ2) is 8.13. The van der Waals surface area contributed by atoms with Crippen molar-refractivity contribution in [1.29, 1.82) is 0 Å². The Morgan fingerprint density at radius 3 is 2.72 bits per heavy atom. The molecule has 2 atom stereocenters. The van der Waals surface area contributed by atoms with Crippen molar-refractivity contribution in [2.75, 3.05) is 33.4 Å². The Bertz CT molecular complexity index is 223. The van der Waals surface area contributed by atoms with Crippen molar-refractivity contribution in [2.24, 2.45) is 0 Å². The third-order valence-corrected chi connectivity index (χ3v) is 4.28. The van der Waals surface area contributed by atoms with Gasteiger partial charge in [0, 0.05) is 38.4 Å². The normalized spacial score (nSPS) is 29.7. The van der Waals surface area contributed by atoms with Gasteiger partial charge in [-0.3, -0.25) is 4.90 Å². The molecule has 1 aliphatic heterocycles. The highest BCUT2D eigenvalue weighted by atomic mass is 16.5. The summed E-state index contributed by atoms with van der Waals surface area (Å²) in [4.78, 5) is 2.71. The van der Waals surface area contributed by atoms with Gasteiger partial charge < -0.3 is 10.1 Å². The molecule has 0 aromatic carbocycles. The highest BCUT2D eigenvalue weighted by molar-refractivity contribution is 4.94. The maximum Gasteiger partial charge on any atom is 0.0462 e. The zero-order valence-corrected chi connectivity index (χ0v) is 12.8. The van der Waals surface area contributed by atoms with E-state index in [-0.39, 0.29) is 0 Å². The number of unbranched alkanes of at least 4 members (excludes halogenated alkanes) is 1. The average Bonchev–Trinajstić information content (AvgIpc) is 2.38. The van der Waals surface area contributed by atoms with Gasteiger partial charge in [-0.2, -0.15) is 0 Å². The van der Waals surface area contributed by atoms with E-state index < -0.39 is 0 Å². The van der Waals surface area contributed by atoms with Gasteiger partial charge >= 0.3 is 0 Å². The minimum absolute atomic E-state index is 0.311. The Balaban J connectivity index is 2.44.